The molecule has 1 aromatic heterocycles. The van der Waals surface area contributed by atoms with Gasteiger partial charge in [0.2, 0.25) is 12.7 Å². The van der Waals surface area contributed by atoms with Crippen LogP contribution in [0.2, 0.25) is 0 Å². The standard InChI is InChI=1S/C21H22N4O2/c1-3-25(4-2)21-23-17(15-8-6-5-7-9-15)13-20(24-21)22-16-10-11-18-19(12-16)27-14-26-18/h5-13H,3-4,14H2,1-2H3,(H,22,23,24). The van der Waals surface area contributed by atoms with Gasteiger partial charge in [-0.05, 0) is 26.0 Å². The predicted octanol–water partition coefficient (Wildman–Crippen LogP) is 4.46. The summed E-state index contributed by atoms with van der Waals surface area (Å²) in [5, 5.41) is 3.37. The van der Waals surface area contributed by atoms with E-state index in [1.165, 1.54) is 0 Å². The second-order valence-corrected chi connectivity index (χ2v) is 6.17. The monoisotopic (exact) mass is 362 g/mol. The fourth-order valence-corrected chi connectivity index (χ4v) is 3.03. The van der Waals surface area contributed by atoms with E-state index in [1.54, 1.807) is 0 Å². The molecule has 0 fully saturated rings. The summed E-state index contributed by atoms with van der Waals surface area (Å²) in [6, 6.07) is 17.9. The van der Waals surface area contributed by atoms with Gasteiger partial charge in [-0.25, -0.2) is 4.98 Å². The van der Waals surface area contributed by atoms with Crippen molar-refractivity contribution in [1.82, 2.24) is 9.97 Å². The molecule has 27 heavy (non-hydrogen) atoms. The average molecular weight is 362 g/mol. The van der Waals surface area contributed by atoms with Crippen LogP contribution in [0.1, 0.15) is 13.8 Å². The Hall–Kier alpha value is -3.28. The van der Waals surface area contributed by atoms with Crippen LogP contribution >= 0.6 is 0 Å². The Bertz CT molecular complexity index is 927. The number of benzene rings is 2. The van der Waals surface area contributed by atoms with Gasteiger partial charge in [-0.1, -0.05) is 30.3 Å². The van der Waals surface area contributed by atoms with Crippen molar-refractivity contribution in [2.45, 2.75) is 13.8 Å². The highest BCUT2D eigenvalue weighted by Gasteiger charge is 2.15. The van der Waals surface area contributed by atoms with Gasteiger partial charge in [0.15, 0.2) is 11.5 Å². The molecule has 0 spiro atoms. The summed E-state index contributed by atoms with van der Waals surface area (Å²) in [7, 11) is 0. The number of rotatable bonds is 6. The molecular weight excluding hydrogens is 340 g/mol. The zero-order valence-electron chi connectivity index (χ0n) is 15.5. The van der Waals surface area contributed by atoms with Crippen molar-refractivity contribution < 1.29 is 9.47 Å². The first-order valence-electron chi connectivity index (χ1n) is 9.13. The number of hydrogen-bond donors (Lipinski definition) is 1. The highest BCUT2D eigenvalue weighted by molar-refractivity contribution is 5.68. The molecule has 2 aromatic carbocycles. The van der Waals surface area contributed by atoms with Crippen molar-refractivity contribution in [3.63, 3.8) is 0 Å². The zero-order valence-corrected chi connectivity index (χ0v) is 15.5. The van der Waals surface area contributed by atoms with E-state index in [1.807, 2.05) is 42.5 Å². The molecule has 3 aromatic rings. The molecule has 0 unspecified atom stereocenters. The van der Waals surface area contributed by atoms with E-state index in [0.717, 1.165) is 47.4 Å². The van der Waals surface area contributed by atoms with E-state index in [-0.39, 0.29) is 6.79 Å². The summed E-state index contributed by atoms with van der Waals surface area (Å²) in [5.74, 6) is 2.95. The maximum Gasteiger partial charge on any atom is 0.231 e. The molecule has 1 N–H and O–H groups in total. The summed E-state index contributed by atoms with van der Waals surface area (Å²) in [6.07, 6.45) is 0. The van der Waals surface area contributed by atoms with Gasteiger partial charge in [-0.3, -0.25) is 0 Å². The van der Waals surface area contributed by atoms with Gasteiger partial charge in [-0.15, -0.1) is 0 Å². The van der Waals surface area contributed by atoms with Gasteiger partial charge in [0.25, 0.3) is 0 Å². The number of fused-ring (bicyclic) bond motifs is 1. The van der Waals surface area contributed by atoms with Crippen molar-refractivity contribution in [2.24, 2.45) is 0 Å². The molecule has 0 atom stereocenters. The van der Waals surface area contributed by atoms with Gasteiger partial charge in [0.05, 0.1) is 5.69 Å². The summed E-state index contributed by atoms with van der Waals surface area (Å²) < 4.78 is 10.8. The minimum atomic E-state index is 0.260. The fraction of sp³-hybridized carbons (Fsp3) is 0.238. The molecule has 138 valence electrons. The molecule has 0 radical (unpaired) electrons. The van der Waals surface area contributed by atoms with Gasteiger partial charge >= 0.3 is 0 Å². The first-order chi connectivity index (χ1) is 13.3. The second kappa shape index (κ2) is 7.53. The highest BCUT2D eigenvalue weighted by atomic mass is 16.7. The molecule has 1 aliphatic heterocycles. The topological polar surface area (TPSA) is 59.5 Å². The third-order valence-corrected chi connectivity index (χ3v) is 4.48. The first kappa shape index (κ1) is 17.1. The third-order valence-electron chi connectivity index (χ3n) is 4.48. The largest absolute Gasteiger partial charge is 0.454 e. The van der Waals surface area contributed by atoms with Crippen molar-refractivity contribution in [3.05, 3.63) is 54.6 Å². The first-order valence-corrected chi connectivity index (χ1v) is 9.13. The van der Waals surface area contributed by atoms with Gasteiger partial charge in [0, 0.05) is 36.5 Å². The van der Waals surface area contributed by atoms with Crippen LogP contribution in [-0.4, -0.2) is 29.9 Å². The number of anilines is 3. The van der Waals surface area contributed by atoms with Crippen molar-refractivity contribution in [1.29, 1.82) is 0 Å². The van der Waals surface area contributed by atoms with E-state index in [9.17, 15) is 0 Å². The highest BCUT2D eigenvalue weighted by Crippen LogP contribution is 2.35. The summed E-state index contributed by atoms with van der Waals surface area (Å²) in [5.41, 5.74) is 2.83. The predicted molar refractivity (Wildman–Crippen MR) is 107 cm³/mol. The number of nitrogens with one attached hydrogen (secondary N) is 1. The minimum absolute atomic E-state index is 0.260. The van der Waals surface area contributed by atoms with Crippen LogP contribution in [0.25, 0.3) is 11.3 Å². The lowest BCUT2D eigenvalue weighted by molar-refractivity contribution is 0.174. The van der Waals surface area contributed by atoms with E-state index >= 15 is 0 Å². The number of aromatic nitrogens is 2. The Kier molecular flexibility index (Phi) is 4.78. The summed E-state index contributed by atoms with van der Waals surface area (Å²) in [4.78, 5) is 11.6. The quantitative estimate of drug-likeness (QED) is 0.698. The van der Waals surface area contributed by atoms with Gasteiger partial charge in [-0.2, -0.15) is 4.98 Å². The number of nitrogens with zero attached hydrogens (tertiary/aromatic N) is 3. The zero-order chi connectivity index (χ0) is 18.6. The third kappa shape index (κ3) is 3.65. The number of ether oxygens (including phenoxy) is 2. The molecule has 2 heterocycles. The molecule has 0 bridgehead atoms. The Morgan fingerprint density at radius 3 is 2.48 bits per heavy atom. The van der Waals surface area contributed by atoms with Crippen LogP contribution in [0, 0.1) is 0 Å². The molecule has 6 nitrogen and oxygen atoms in total. The normalized spacial score (nSPS) is 12.1. The molecule has 0 saturated heterocycles. The lowest BCUT2D eigenvalue weighted by atomic mass is 10.1. The number of hydrogen-bond acceptors (Lipinski definition) is 6. The van der Waals surface area contributed by atoms with Crippen LogP contribution in [-0.2, 0) is 0 Å². The molecule has 0 amide bonds. The van der Waals surface area contributed by atoms with Gasteiger partial charge in [0.1, 0.15) is 5.82 Å². The van der Waals surface area contributed by atoms with Crippen molar-refractivity contribution in [3.8, 4) is 22.8 Å². The molecular formula is C21H22N4O2. The smallest absolute Gasteiger partial charge is 0.231 e. The molecule has 6 heteroatoms. The maximum atomic E-state index is 5.46. The Morgan fingerprint density at radius 1 is 0.926 bits per heavy atom. The van der Waals surface area contributed by atoms with Crippen molar-refractivity contribution in [2.75, 3.05) is 30.1 Å². The van der Waals surface area contributed by atoms with E-state index in [2.05, 4.69) is 36.2 Å². The lowest BCUT2D eigenvalue weighted by Gasteiger charge is -2.20. The van der Waals surface area contributed by atoms with E-state index in [0.29, 0.717) is 5.95 Å². The Morgan fingerprint density at radius 2 is 1.70 bits per heavy atom. The molecule has 0 saturated carbocycles. The summed E-state index contributed by atoms with van der Waals surface area (Å²) >= 11 is 0. The molecule has 1 aliphatic rings. The van der Waals surface area contributed by atoms with Crippen molar-refractivity contribution >= 4 is 17.5 Å². The molecule has 4 rings (SSSR count). The van der Waals surface area contributed by atoms with Crippen LogP contribution < -0.4 is 19.7 Å². The van der Waals surface area contributed by atoms with Crippen LogP contribution in [0.5, 0.6) is 11.5 Å². The van der Waals surface area contributed by atoms with E-state index in [4.69, 9.17) is 19.4 Å². The maximum absolute atomic E-state index is 5.46. The van der Waals surface area contributed by atoms with Gasteiger partial charge < -0.3 is 19.7 Å². The fourth-order valence-electron chi connectivity index (χ4n) is 3.03. The SMILES string of the molecule is CCN(CC)c1nc(Nc2ccc3c(c2)OCO3)cc(-c2ccccc2)n1. The Balaban J connectivity index is 1.71. The average Bonchev–Trinajstić information content (AvgIpc) is 3.17. The second-order valence-electron chi connectivity index (χ2n) is 6.17. The molecule has 0 aliphatic carbocycles. The lowest BCUT2D eigenvalue weighted by Crippen LogP contribution is -2.24. The summed E-state index contributed by atoms with van der Waals surface area (Å²) in [6.45, 7) is 6.16. The van der Waals surface area contributed by atoms with Crippen LogP contribution in [0.4, 0.5) is 17.5 Å². The van der Waals surface area contributed by atoms with Crippen LogP contribution in [0.3, 0.4) is 0 Å². The minimum Gasteiger partial charge on any atom is -0.454 e. The van der Waals surface area contributed by atoms with E-state index < -0.39 is 0 Å². The van der Waals surface area contributed by atoms with Crippen LogP contribution in [0.15, 0.2) is 54.6 Å². The Labute approximate surface area is 158 Å².